The van der Waals surface area contributed by atoms with Crippen molar-refractivity contribution in [2.75, 3.05) is 18.2 Å². The Labute approximate surface area is 139 Å². The molecular formula is C18H17NO3S. The van der Waals surface area contributed by atoms with Gasteiger partial charge in [-0.15, -0.1) is 11.8 Å². The third kappa shape index (κ3) is 3.74. The van der Waals surface area contributed by atoms with Crippen LogP contribution in [0.15, 0.2) is 47.4 Å². The van der Waals surface area contributed by atoms with Crippen LogP contribution in [0.4, 0.5) is 5.69 Å². The number of carbonyl (C=O) groups excluding carboxylic acids is 2. The molecule has 1 aliphatic heterocycles. The lowest BCUT2D eigenvalue weighted by Gasteiger charge is -2.17. The molecule has 0 aromatic heterocycles. The van der Waals surface area contributed by atoms with Crippen LogP contribution in [-0.2, 0) is 11.2 Å². The van der Waals surface area contributed by atoms with E-state index in [0.717, 1.165) is 21.9 Å². The van der Waals surface area contributed by atoms with E-state index < -0.39 is 0 Å². The Morgan fingerprint density at radius 1 is 1.17 bits per heavy atom. The molecule has 0 fully saturated rings. The van der Waals surface area contributed by atoms with Crippen molar-refractivity contribution in [2.24, 2.45) is 0 Å². The summed E-state index contributed by atoms with van der Waals surface area (Å²) in [6.45, 7) is 0. The van der Waals surface area contributed by atoms with Gasteiger partial charge in [-0.2, -0.15) is 0 Å². The van der Waals surface area contributed by atoms with E-state index in [4.69, 9.17) is 4.74 Å². The van der Waals surface area contributed by atoms with Crippen LogP contribution in [0.25, 0.3) is 0 Å². The molecule has 2 aromatic rings. The van der Waals surface area contributed by atoms with Gasteiger partial charge in [0.25, 0.3) is 0 Å². The normalized spacial score (nSPS) is 13.2. The fourth-order valence-electron chi connectivity index (χ4n) is 2.46. The zero-order valence-corrected chi connectivity index (χ0v) is 13.6. The molecular weight excluding hydrogens is 310 g/mol. The fourth-order valence-corrected chi connectivity index (χ4v) is 3.25. The summed E-state index contributed by atoms with van der Waals surface area (Å²) in [6, 6.07) is 13.1. The summed E-state index contributed by atoms with van der Waals surface area (Å²) in [5.74, 6) is 1.31. The zero-order valence-electron chi connectivity index (χ0n) is 12.8. The first-order chi connectivity index (χ1) is 11.2. The molecule has 0 atom stereocenters. The molecule has 3 rings (SSSR count). The highest BCUT2D eigenvalue weighted by Gasteiger charge is 2.16. The number of thioether (sulfide) groups is 1. The lowest BCUT2D eigenvalue weighted by molar-refractivity contribution is -0.116. The minimum atomic E-state index is 0.0339. The molecule has 1 aliphatic rings. The number of fused-ring (bicyclic) bond motifs is 1. The van der Waals surface area contributed by atoms with Crippen molar-refractivity contribution in [3.05, 3.63) is 53.6 Å². The maximum Gasteiger partial charge on any atom is 0.224 e. The first kappa shape index (κ1) is 15.6. The van der Waals surface area contributed by atoms with E-state index >= 15 is 0 Å². The van der Waals surface area contributed by atoms with Crippen LogP contribution in [0.1, 0.15) is 22.3 Å². The Kier molecular flexibility index (Phi) is 4.67. The zero-order chi connectivity index (χ0) is 16.2. The van der Waals surface area contributed by atoms with Crippen molar-refractivity contribution in [3.8, 4) is 5.75 Å². The molecule has 1 amide bonds. The smallest absolute Gasteiger partial charge is 0.224 e. The van der Waals surface area contributed by atoms with Crippen molar-refractivity contribution in [1.29, 1.82) is 0 Å². The predicted octanol–water partition coefficient (Wildman–Crippen LogP) is 3.55. The molecule has 5 heteroatoms. The van der Waals surface area contributed by atoms with Crippen LogP contribution >= 0.6 is 11.8 Å². The minimum absolute atomic E-state index is 0.0339. The summed E-state index contributed by atoms with van der Waals surface area (Å²) >= 11 is 1.51. The van der Waals surface area contributed by atoms with Crippen LogP contribution < -0.4 is 10.1 Å². The van der Waals surface area contributed by atoms with Gasteiger partial charge in [-0.1, -0.05) is 0 Å². The second kappa shape index (κ2) is 6.87. The van der Waals surface area contributed by atoms with Crippen LogP contribution in [-0.4, -0.2) is 24.6 Å². The number of ether oxygens (including phenoxy) is 1. The van der Waals surface area contributed by atoms with E-state index in [0.29, 0.717) is 24.2 Å². The van der Waals surface area contributed by atoms with E-state index in [9.17, 15) is 9.59 Å². The summed E-state index contributed by atoms with van der Waals surface area (Å²) in [4.78, 5) is 24.7. The first-order valence-corrected chi connectivity index (χ1v) is 8.37. The third-order valence-corrected chi connectivity index (χ3v) is 4.76. The van der Waals surface area contributed by atoms with Crippen molar-refractivity contribution in [3.63, 3.8) is 0 Å². The number of ketones is 1. The van der Waals surface area contributed by atoms with Gasteiger partial charge >= 0.3 is 0 Å². The molecule has 23 heavy (non-hydrogen) atoms. The fraction of sp³-hybridized carbons (Fsp3) is 0.222. The van der Waals surface area contributed by atoms with Gasteiger partial charge in [0.15, 0.2) is 5.78 Å². The molecule has 0 aliphatic carbocycles. The van der Waals surface area contributed by atoms with Crippen LogP contribution in [0.2, 0.25) is 0 Å². The molecule has 0 radical (unpaired) electrons. The van der Waals surface area contributed by atoms with E-state index in [1.165, 1.54) is 11.8 Å². The molecule has 2 aromatic carbocycles. The van der Waals surface area contributed by atoms with Crippen LogP contribution in [0.3, 0.4) is 0 Å². The minimum Gasteiger partial charge on any atom is -0.497 e. The number of hydrogen-bond donors (Lipinski definition) is 1. The number of rotatable bonds is 5. The average Bonchev–Trinajstić information content (AvgIpc) is 2.59. The third-order valence-electron chi connectivity index (χ3n) is 3.75. The van der Waals surface area contributed by atoms with E-state index in [-0.39, 0.29) is 11.7 Å². The molecule has 118 valence electrons. The van der Waals surface area contributed by atoms with Gasteiger partial charge in [0.2, 0.25) is 5.91 Å². The van der Waals surface area contributed by atoms with Gasteiger partial charge in [0.1, 0.15) is 5.75 Å². The molecule has 4 nitrogen and oxygen atoms in total. The first-order valence-electron chi connectivity index (χ1n) is 7.38. The Balaban J connectivity index is 1.65. The second-order valence-electron chi connectivity index (χ2n) is 5.31. The van der Waals surface area contributed by atoms with Gasteiger partial charge in [0, 0.05) is 22.6 Å². The lowest BCUT2D eigenvalue weighted by atomic mass is 9.99. The molecule has 0 spiro atoms. The molecule has 0 unspecified atom stereocenters. The van der Waals surface area contributed by atoms with Gasteiger partial charge in [-0.25, -0.2) is 0 Å². The highest BCUT2D eigenvalue weighted by Crippen LogP contribution is 2.26. The summed E-state index contributed by atoms with van der Waals surface area (Å²) in [6.07, 6.45) is 1.17. The number of Topliss-reactive ketones (excluding diaryl/α,β-unsaturated/α-hetero) is 1. The highest BCUT2D eigenvalue weighted by atomic mass is 32.2. The van der Waals surface area contributed by atoms with Crippen LogP contribution in [0.5, 0.6) is 5.75 Å². The molecule has 1 heterocycles. The van der Waals surface area contributed by atoms with Crippen molar-refractivity contribution in [2.45, 2.75) is 17.7 Å². The maximum atomic E-state index is 12.4. The number of anilines is 1. The maximum absolute atomic E-state index is 12.4. The SMILES string of the molecule is COc1ccc(SCC(=O)c2ccc3c(c2)CCC(=O)N3)cc1. The molecule has 1 N–H and O–H groups in total. The number of carbonyl (C=O) groups is 2. The number of hydrogen-bond acceptors (Lipinski definition) is 4. The van der Waals surface area contributed by atoms with Gasteiger partial charge in [0.05, 0.1) is 12.9 Å². The number of aryl methyl sites for hydroxylation is 1. The van der Waals surface area contributed by atoms with Gasteiger partial charge < -0.3 is 10.1 Å². The summed E-state index contributed by atoms with van der Waals surface area (Å²) in [5, 5.41) is 2.83. The molecule has 0 saturated carbocycles. The number of methoxy groups -OCH3 is 1. The van der Waals surface area contributed by atoms with E-state index in [1.54, 1.807) is 13.2 Å². The van der Waals surface area contributed by atoms with Crippen molar-refractivity contribution < 1.29 is 14.3 Å². The van der Waals surface area contributed by atoms with Crippen LogP contribution in [0, 0.1) is 0 Å². The van der Waals surface area contributed by atoms with Crippen molar-refractivity contribution >= 4 is 29.1 Å². The Morgan fingerprint density at radius 3 is 2.70 bits per heavy atom. The molecule has 0 saturated heterocycles. The largest absolute Gasteiger partial charge is 0.497 e. The monoisotopic (exact) mass is 327 g/mol. The number of nitrogens with one attached hydrogen (secondary N) is 1. The number of amides is 1. The summed E-state index contributed by atoms with van der Waals surface area (Å²) in [7, 11) is 1.63. The second-order valence-corrected chi connectivity index (χ2v) is 6.36. The lowest BCUT2D eigenvalue weighted by Crippen LogP contribution is -2.19. The Bertz CT molecular complexity index is 740. The Morgan fingerprint density at radius 2 is 1.96 bits per heavy atom. The number of benzene rings is 2. The summed E-state index contributed by atoms with van der Waals surface area (Å²) in [5.41, 5.74) is 2.55. The predicted molar refractivity (Wildman–Crippen MR) is 91.4 cm³/mol. The molecule has 0 bridgehead atoms. The highest BCUT2D eigenvalue weighted by molar-refractivity contribution is 8.00. The Hall–Kier alpha value is -2.27. The topological polar surface area (TPSA) is 55.4 Å². The standard InChI is InChI=1S/C18H17NO3S/c1-22-14-4-6-15(7-5-14)23-11-17(20)13-2-8-16-12(10-13)3-9-18(21)19-16/h2,4-8,10H,3,9,11H2,1H3,(H,19,21). The quantitative estimate of drug-likeness (QED) is 0.674. The van der Waals surface area contributed by atoms with E-state index in [1.807, 2.05) is 36.4 Å². The van der Waals surface area contributed by atoms with Gasteiger partial charge in [-0.3, -0.25) is 9.59 Å². The summed E-state index contributed by atoms with van der Waals surface area (Å²) < 4.78 is 5.12. The van der Waals surface area contributed by atoms with E-state index in [2.05, 4.69) is 5.32 Å². The van der Waals surface area contributed by atoms with Gasteiger partial charge in [-0.05, 0) is 54.4 Å². The average molecular weight is 327 g/mol. The van der Waals surface area contributed by atoms with Crippen molar-refractivity contribution in [1.82, 2.24) is 0 Å².